The van der Waals surface area contributed by atoms with Crippen molar-refractivity contribution in [3.8, 4) is 0 Å². The number of nitrogens with zero attached hydrogens (tertiary/aromatic N) is 2. The fourth-order valence-corrected chi connectivity index (χ4v) is 3.59. The summed E-state index contributed by atoms with van der Waals surface area (Å²) in [6.07, 6.45) is 1.73. The van der Waals surface area contributed by atoms with Crippen LogP contribution in [-0.2, 0) is 9.84 Å². The SMILES string of the molecule is Nc1ccc(N2CCS(=O)(=O)CC2)c2ncccc12. The quantitative estimate of drug-likeness (QED) is 0.789. The molecule has 1 aliphatic heterocycles. The van der Waals surface area contributed by atoms with Gasteiger partial charge in [0.15, 0.2) is 9.84 Å². The van der Waals surface area contributed by atoms with E-state index in [2.05, 4.69) is 9.88 Å². The number of nitrogens with two attached hydrogens (primary N) is 1. The van der Waals surface area contributed by atoms with Gasteiger partial charge in [-0.2, -0.15) is 0 Å². The predicted octanol–water partition coefficient (Wildman–Crippen LogP) is 1.05. The molecular weight excluding hydrogens is 262 g/mol. The number of rotatable bonds is 1. The first-order valence-electron chi connectivity index (χ1n) is 6.15. The first-order chi connectivity index (χ1) is 9.07. The largest absolute Gasteiger partial charge is 0.398 e. The third-order valence-corrected chi connectivity index (χ3v) is 5.08. The highest BCUT2D eigenvalue weighted by Crippen LogP contribution is 2.29. The Kier molecular flexibility index (Phi) is 2.82. The number of hydrogen-bond acceptors (Lipinski definition) is 5. The summed E-state index contributed by atoms with van der Waals surface area (Å²) in [5.41, 5.74) is 8.43. The number of sulfone groups is 1. The van der Waals surface area contributed by atoms with E-state index in [1.165, 1.54) is 0 Å². The van der Waals surface area contributed by atoms with Crippen LogP contribution in [0, 0.1) is 0 Å². The zero-order chi connectivity index (χ0) is 13.5. The smallest absolute Gasteiger partial charge is 0.153 e. The predicted molar refractivity (Wildman–Crippen MR) is 77.0 cm³/mol. The van der Waals surface area contributed by atoms with Gasteiger partial charge in [0, 0.05) is 30.4 Å². The van der Waals surface area contributed by atoms with Gasteiger partial charge in [-0.15, -0.1) is 0 Å². The molecule has 1 saturated heterocycles. The molecule has 0 bridgehead atoms. The van der Waals surface area contributed by atoms with E-state index in [1.807, 2.05) is 24.3 Å². The topological polar surface area (TPSA) is 76.3 Å². The van der Waals surface area contributed by atoms with Gasteiger partial charge in [-0.05, 0) is 24.3 Å². The minimum Gasteiger partial charge on any atom is -0.398 e. The molecule has 2 aromatic rings. The lowest BCUT2D eigenvalue weighted by Gasteiger charge is -2.29. The summed E-state index contributed by atoms with van der Waals surface area (Å²) in [5, 5.41) is 0.911. The number of fused-ring (bicyclic) bond motifs is 1. The Balaban J connectivity index is 2.05. The Hall–Kier alpha value is -1.82. The number of hydrogen-bond donors (Lipinski definition) is 1. The van der Waals surface area contributed by atoms with Crippen molar-refractivity contribution in [2.75, 3.05) is 35.2 Å². The monoisotopic (exact) mass is 277 g/mol. The molecule has 1 aromatic heterocycles. The molecule has 0 spiro atoms. The van der Waals surface area contributed by atoms with Crippen molar-refractivity contribution in [1.82, 2.24) is 4.98 Å². The van der Waals surface area contributed by atoms with E-state index < -0.39 is 9.84 Å². The van der Waals surface area contributed by atoms with Crippen molar-refractivity contribution >= 4 is 32.1 Å². The van der Waals surface area contributed by atoms with Crippen LogP contribution < -0.4 is 10.6 Å². The number of benzene rings is 1. The first kappa shape index (κ1) is 12.2. The Labute approximate surface area is 112 Å². The lowest BCUT2D eigenvalue weighted by molar-refractivity contribution is 0.587. The highest BCUT2D eigenvalue weighted by molar-refractivity contribution is 7.91. The summed E-state index contributed by atoms with van der Waals surface area (Å²) in [6, 6.07) is 7.55. The van der Waals surface area contributed by atoms with Crippen molar-refractivity contribution in [2.45, 2.75) is 0 Å². The molecule has 0 aliphatic carbocycles. The van der Waals surface area contributed by atoms with E-state index in [9.17, 15) is 8.42 Å². The van der Waals surface area contributed by atoms with Gasteiger partial charge in [-0.1, -0.05) is 0 Å². The molecule has 2 N–H and O–H groups in total. The average Bonchev–Trinajstić information content (AvgIpc) is 2.40. The van der Waals surface area contributed by atoms with Crippen LogP contribution in [0.3, 0.4) is 0 Å². The number of aromatic nitrogens is 1. The lowest BCUT2D eigenvalue weighted by Crippen LogP contribution is -2.40. The third-order valence-electron chi connectivity index (χ3n) is 3.47. The van der Waals surface area contributed by atoms with Crippen molar-refractivity contribution < 1.29 is 8.42 Å². The van der Waals surface area contributed by atoms with Crippen LogP contribution in [0.15, 0.2) is 30.5 Å². The Bertz CT molecular complexity index is 714. The normalized spacial score (nSPS) is 18.6. The molecule has 0 unspecified atom stereocenters. The van der Waals surface area contributed by atoms with Crippen molar-refractivity contribution in [3.05, 3.63) is 30.5 Å². The third kappa shape index (κ3) is 2.23. The van der Waals surface area contributed by atoms with Gasteiger partial charge in [0.1, 0.15) is 0 Å². The fourth-order valence-electron chi connectivity index (χ4n) is 2.39. The number of anilines is 2. The Morgan fingerprint density at radius 1 is 1.16 bits per heavy atom. The van der Waals surface area contributed by atoms with Crippen molar-refractivity contribution in [1.29, 1.82) is 0 Å². The van der Waals surface area contributed by atoms with Gasteiger partial charge in [-0.3, -0.25) is 4.98 Å². The van der Waals surface area contributed by atoms with E-state index in [0.29, 0.717) is 18.8 Å². The fraction of sp³-hybridized carbons (Fsp3) is 0.308. The summed E-state index contributed by atoms with van der Waals surface area (Å²) >= 11 is 0. The van der Waals surface area contributed by atoms with E-state index in [-0.39, 0.29) is 11.5 Å². The van der Waals surface area contributed by atoms with Gasteiger partial charge >= 0.3 is 0 Å². The second kappa shape index (κ2) is 4.38. The van der Waals surface area contributed by atoms with E-state index >= 15 is 0 Å². The molecule has 19 heavy (non-hydrogen) atoms. The zero-order valence-corrected chi connectivity index (χ0v) is 11.2. The van der Waals surface area contributed by atoms with Gasteiger partial charge in [0.05, 0.1) is 22.7 Å². The Morgan fingerprint density at radius 2 is 1.89 bits per heavy atom. The molecule has 6 heteroatoms. The zero-order valence-electron chi connectivity index (χ0n) is 10.4. The van der Waals surface area contributed by atoms with E-state index in [4.69, 9.17) is 5.73 Å². The first-order valence-corrected chi connectivity index (χ1v) is 7.97. The van der Waals surface area contributed by atoms with Crippen molar-refractivity contribution in [3.63, 3.8) is 0 Å². The lowest BCUT2D eigenvalue weighted by atomic mass is 10.1. The van der Waals surface area contributed by atoms with Crippen LogP contribution in [0.4, 0.5) is 11.4 Å². The van der Waals surface area contributed by atoms with Crippen LogP contribution in [0.5, 0.6) is 0 Å². The second-order valence-electron chi connectivity index (χ2n) is 4.71. The highest BCUT2D eigenvalue weighted by Gasteiger charge is 2.23. The van der Waals surface area contributed by atoms with Crippen LogP contribution >= 0.6 is 0 Å². The molecular formula is C13H15N3O2S. The number of nitrogen functional groups attached to an aromatic ring is 1. The molecule has 0 saturated carbocycles. The summed E-state index contributed by atoms with van der Waals surface area (Å²) in [6.45, 7) is 1.02. The van der Waals surface area contributed by atoms with Crippen LogP contribution in [0.25, 0.3) is 10.9 Å². The maximum absolute atomic E-state index is 11.5. The van der Waals surface area contributed by atoms with Crippen LogP contribution in [0.2, 0.25) is 0 Å². The van der Waals surface area contributed by atoms with E-state index in [1.54, 1.807) is 6.20 Å². The number of pyridine rings is 1. The molecule has 0 atom stereocenters. The van der Waals surface area contributed by atoms with Gasteiger partial charge in [0.25, 0.3) is 0 Å². The molecule has 1 fully saturated rings. The average molecular weight is 277 g/mol. The summed E-state index contributed by atoms with van der Waals surface area (Å²) < 4.78 is 23.0. The Morgan fingerprint density at radius 3 is 2.63 bits per heavy atom. The van der Waals surface area contributed by atoms with Crippen LogP contribution in [-0.4, -0.2) is 38.0 Å². The standard InChI is InChI=1S/C13H15N3O2S/c14-11-3-4-12(13-10(11)2-1-5-15-13)16-6-8-19(17,18)9-7-16/h1-5H,6-9,14H2. The van der Waals surface area contributed by atoms with E-state index in [0.717, 1.165) is 16.6 Å². The summed E-state index contributed by atoms with van der Waals surface area (Å²) in [4.78, 5) is 6.45. The minimum atomic E-state index is -2.87. The maximum atomic E-state index is 11.5. The maximum Gasteiger partial charge on any atom is 0.153 e. The van der Waals surface area contributed by atoms with Crippen molar-refractivity contribution in [2.24, 2.45) is 0 Å². The summed E-state index contributed by atoms with van der Waals surface area (Å²) in [5.74, 6) is 0.400. The molecule has 0 amide bonds. The van der Waals surface area contributed by atoms with Gasteiger partial charge in [-0.25, -0.2) is 8.42 Å². The summed E-state index contributed by atoms with van der Waals surface area (Å²) in [7, 11) is -2.87. The molecule has 0 radical (unpaired) electrons. The van der Waals surface area contributed by atoms with Gasteiger partial charge in [0.2, 0.25) is 0 Å². The molecule has 2 heterocycles. The molecule has 3 rings (SSSR count). The van der Waals surface area contributed by atoms with Crippen LogP contribution in [0.1, 0.15) is 0 Å². The molecule has 1 aliphatic rings. The molecule has 1 aromatic carbocycles. The molecule has 100 valence electrons. The van der Waals surface area contributed by atoms with Gasteiger partial charge < -0.3 is 10.6 Å². The molecule has 5 nitrogen and oxygen atoms in total. The minimum absolute atomic E-state index is 0.200. The second-order valence-corrected chi connectivity index (χ2v) is 7.02. The highest BCUT2D eigenvalue weighted by atomic mass is 32.2.